The maximum absolute atomic E-state index is 14.5. The zero-order valence-corrected chi connectivity index (χ0v) is 27.2. The van der Waals surface area contributed by atoms with Crippen LogP contribution in [0.25, 0.3) is 0 Å². The van der Waals surface area contributed by atoms with Gasteiger partial charge in [0.2, 0.25) is 0 Å². The monoisotopic (exact) mass is 573 g/mol. The molecule has 3 nitrogen and oxygen atoms in total. The van der Waals surface area contributed by atoms with E-state index in [2.05, 4.69) is 46.8 Å². The van der Waals surface area contributed by atoms with Crippen LogP contribution in [0.15, 0.2) is 34.9 Å². The first-order valence-electron chi connectivity index (χ1n) is 17.0. The third-order valence-corrected chi connectivity index (χ3v) is 14.3. The number of Topliss-reactive ketones (excluding diaryl/α,β-unsaturated/α-hetero) is 1. The van der Waals surface area contributed by atoms with E-state index in [0.717, 1.165) is 51.4 Å². The van der Waals surface area contributed by atoms with E-state index in [-0.39, 0.29) is 33.4 Å². The van der Waals surface area contributed by atoms with Gasteiger partial charge in [-0.3, -0.25) is 9.59 Å². The molecule has 4 saturated carbocycles. The van der Waals surface area contributed by atoms with E-state index in [1.807, 2.05) is 26.0 Å². The molecule has 0 saturated heterocycles. The molecule has 0 amide bonds. The molecule has 9 atom stereocenters. The van der Waals surface area contributed by atoms with Crippen LogP contribution in [-0.2, 0) is 9.59 Å². The quantitative estimate of drug-likeness (QED) is 0.316. The fraction of sp³-hybridized carbons (Fsp3) is 0.763. The molecule has 0 aromatic heterocycles. The lowest BCUT2D eigenvalue weighted by Gasteiger charge is -2.65. The van der Waals surface area contributed by atoms with Crippen LogP contribution in [-0.4, -0.2) is 17.7 Å². The molecule has 0 bridgehead atoms. The van der Waals surface area contributed by atoms with E-state index >= 15 is 0 Å². The average Bonchev–Trinajstić information content (AvgIpc) is 3.40. The number of halogens is 1. The summed E-state index contributed by atoms with van der Waals surface area (Å²) in [6, 6.07) is 2.23. The van der Waals surface area contributed by atoms with Crippen LogP contribution in [0.1, 0.15) is 126 Å². The Kier molecular flexibility index (Phi) is 6.78. The number of hydrogen-bond donors (Lipinski definition) is 0. The second-order valence-corrected chi connectivity index (χ2v) is 16.6. The SMILES string of the molecule is CC.CC1(C)CC[C@]2(CCC3=CCC(F)C3)CCC3[C@H](C(=O)C=C4[C@@]3(C)CCC35CC3(C)C(=O)C(C#N)=C[C@]45C)[C@@H]2C1. The van der Waals surface area contributed by atoms with Gasteiger partial charge < -0.3 is 0 Å². The largest absolute Gasteiger partial charge is 0.295 e. The highest BCUT2D eigenvalue weighted by Crippen LogP contribution is 2.84. The summed E-state index contributed by atoms with van der Waals surface area (Å²) in [5.74, 6) is 1.04. The second-order valence-electron chi connectivity index (χ2n) is 16.6. The fourth-order valence-corrected chi connectivity index (χ4v) is 11.9. The lowest BCUT2D eigenvalue weighted by atomic mass is 9.38. The minimum Gasteiger partial charge on any atom is -0.295 e. The highest BCUT2D eigenvalue weighted by molar-refractivity contribution is 6.07. The van der Waals surface area contributed by atoms with E-state index in [1.54, 1.807) is 0 Å². The van der Waals surface area contributed by atoms with Gasteiger partial charge in [0.1, 0.15) is 12.2 Å². The van der Waals surface area contributed by atoms with Crippen molar-refractivity contribution in [1.82, 2.24) is 0 Å². The standard InChI is InChI=1S/C36H46FNO2.C2H6/c1-31(2)12-14-35(10-8-22-6-7-24(37)16-22)11-9-25-29(26(35)19-31)27(39)17-28-32(25,3)13-15-36-21-34(36,5)30(40)23(20-38)18-33(28,36)4;1-2/h6,17-18,24-26,29H,7-16,19,21H2,1-5H3;1-2H3/t24?,25?,26-,29-,32-,33+,34?,35-,36?;/m0./s1. The zero-order valence-electron chi connectivity index (χ0n) is 27.2. The number of fused-ring (bicyclic) bond motifs is 6. The van der Waals surface area contributed by atoms with E-state index in [9.17, 15) is 19.2 Å². The van der Waals surface area contributed by atoms with Crippen LogP contribution >= 0.6 is 0 Å². The molecule has 0 aliphatic heterocycles. The van der Waals surface area contributed by atoms with Crippen LogP contribution in [0.4, 0.5) is 4.39 Å². The number of rotatable bonds is 3. The van der Waals surface area contributed by atoms with Crippen molar-refractivity contribution in [2.24, 2.45) is 50.2 Å². The predicted molar refractivity (Wildman–Crippen MR) is 165 cm³/mol. The molecule has 7 rings (SSSR count). The molecule has 228 valence electrons. The van der Waals surface area contributed by atoms with Crippen molar-refractivity contribution in [1.29, 1.82) is 5.26 Å². The molecule has 1 spiro atoms. The fourth-order valence-electron chi connectivity index (χ4n) is 11.9. The summed E-state index contributed by atoms with van der Waals surface area (Å²) < 4.78 is 14.0. The Bertz CT molecular complexity index is 1350. The van der Waals surface area contributed by atoms with Crippen molar-refractivity contribution in [3.05, 3.63) is 34.9 Å². The summed E-state index contributed by atoms with van der Waals surface area (Å²) in [4.78, 5) is 27.7. The molecule has 4 fully saturated rings. The summed E-state index contributed by atoms with van der Waals surface area (Å²) >= 11 is 0. The Balaban J connectivity index is 0.00000155. The first-order chi connectivity index (χ1) is 19.7. The number of nitriles is 1. The number of nitrogens with zero attached hydrogens (tertiary/aromatic N) is 1. The molecule has 0 N–H and O–H groups in total. The van der Waals surface area contributed by atoms with E-state index < -0.39 is 17.0 Å². The molecule has 0 radical (unpaired) electrons. The van der Waals surface area contributed by atoms with E-state index in [4.69, 9.17) is 0 Å². The zero-order chi connectivity index (χ0) is 30.5. The summed E-state index contributed by atoms with van der Waals surface area (Å²) in [7, 11) is 0. The second kappa shape index (κ2) is 9.49. The van der Waals surface area contributed by atoms with Crippen molar-refractivity contribution in [3.8, 4) is 6.07 Å². The third-order valence-electron chi connectivity index (χ3n) is 14.3. The van der Waals surface area contributed by atoms with Gasteiger partial charge in [0, 0.05) is 16.7 Å². The van der Waals surface area contributed by atoms with Crippen LogP contribution < -0.4 is 0 Å². The Morgan fingerprint density at radius 2 is 1.74 bits per heavy atom. The van der Waals surface area contributed by atoms with Crippen molar-refractivity contribution < 1.29 is 14.0 Å². The van der Waals surface area contributed by atoms with Gasteiger partial charge in [-0.2, -0.15) is 5.26 Å². The first kappa shape index (κ1) is 30.0. The summed E-state index contributed by atoms with van der Waals surface area (Å²) in [5, 5.41) is 9.91. The maximum Gasteiger partial charge on any atom is 0.179 e. The van der Waals surface area contributed by atoms with Crippen molar-refractivity contribution >= 4 is 11.6 Å². The number of alkyl halides is 1. The van der Waals surface area contributed by atoms with Crippen molar-refractivity contribution in [3.63, 3.8) is 0 Å². The number of ketones is 2. The molecule has 4 unspecified atom stereocenters. The molecule has 4 heteroatoms. The molecule has 0 aromatic carbocycles. The smallest absolute Gasteiger partial charge is 0.179 e. The number of allylic oxidation sites excluding steroid dienone is 6. The van der Waals surface area contributed by atoms with E-state index in [1.165, 1.54) is 24.0 Å². The van der Waals surface area contributed by atoms with Gasteiger partial charge in [-0.15, -0.1) is 0 Å². The molecule has 42 heavy (non-hydrogen) atoms. The van der Waals surface area contributed by atoms with Gasteiger partial charge in [0.15, 0.2) is 11.6 Å². The van der Waals surface area contributed by atoms with Gasteiger partial charge in [-0.25, -0.2) is 4.39 Å². The average molecular weight is 574 g/mol. The third kappa shape index (κ3) is 3.80. The predicted octanol–water partition coefficient (Wildman–Crippen LogP) is 9.43. The van der Waals surface area contributed by atoms with Crippen LogP contribution in [0, 0.1) is 61.6 Å². The number of carbonyl (C=O) groups is 2. The Hall–Kier alpha value is -2.02. The number of hydrogen-bond acceptors (Lipinski definition) is 3. The summed E-state index contributed by atoms with van der Waals surface area (Å²) in [6.45, 7) is 15.5. The van der Waals surface area contributed by atoms with Crippen LogP contribution in [0.2, 0.25) is 0 Å². The van der Waals surface area contributed by atoms with Gasteiger partial charge in [-0.1, -0.05) is 71.8 Å². The molecule has 0 aromatic rings. The minimum atomic E-state index is -0.706. The van der Waals surface area contributed by atoms with Crippen molar-refractivity contribution in [2.75, 3.05) is 0 Å². The molecule has 0 heterocycles. The van der Waals surface area contributed by atoms with Crippen LogP contribution in [0.5, 0.6) is 0 Å². The van der Waals surface area contributed by atoms with Gasteiger partial charge in [-0.05, 0) is 117 Å². The molecule has 7 aliphatic rings. The van der Waals surface area contributed by atoms with Gasteiger partial charge in [0.25, 0.3) is 0 Å². The topological polar surface area (TPSA) is 57.9 Å². The molecular formula is C38H52FNO2. The Labute approximate surface area is 253 Å². The van der Waals surface area contributed by atoms with Crippen molar-refractivity contribution in [2.45, 2.75) is 132 Å². The Morgan fingerprint density at radius 3 is 2.40 bits per heavy atom. The highest BCUT2D eigenvalue weighted by Gasteiger charge is 2.80. The molecule has 7 aliphatic carbocycles. The first-order valence-corrected chi connectivity index (χ1v) is 17.0. The maximum atomic E-state index is 14.5. The van der Waals surface area contributed by atoms with Crippen LogP contribution in [0.3, 0.4) is 0 Å². The van der Waals surface area contributed by atoms with Gasteiger partial charge >= 0.3 is 0 Å². The lowest BCUT2D eigenvalue weighted by molar-refractivity contribution is -0.147. The molecular weight excluding hydrogens is 521 g/mol. The summed E-state index contributed by atoms with van der Waals surface area (Å²) in [5.41, 5.74) is 2.04. The van der Waals surface area contributed by atoms with E-state index in [0.29, 0.717) is 36.0 Å². The minimum absolute atomic E-state index is 0.0139. The summed E-state index contributed by atoms with van der Waals surface area (Å²) in [6.07, 6.45) is 17.2. The normalized spacial score (nSPS) is 47.9. The highest BCUT2D eigenvalue weighted by atomic mass is 19.1. The van der Waals surface area contributed by atoms with Gasteiger partial charge in [0.05, 0.1) is 5.57 Å². The Morgan fingerprint density at radius 1 is 1.00 bits per heavy atom. The number of carbonyl (C=O) groups excluding carboxylic acids is 2. The lowest BCUT2D eigenvalue weighted by Crippen LogP contribution is -2.59.